The van der Waals surface area contributed by atoms with Gasteiger partial charge >= 0.3 is 0 Å². The van der Waals surface area contributed by atoms with Crippen LogP contribution in [0.15, 0.2) is 30.3 Å². The van der Waals surface area contributed by atoms with Gasteiger partial charge in [0.15, 0.2) is 0 Å². The maximum Gasteiger partial charge on any atom is -0.00497 e. The van der Waals surface area contributed by atoms with Crippen LogP contribution in [0.1, 0.15) is 38.7 Å². The van der Waals surface area contributed by atoms with Crippen molar-refractivity contribution >= 4 is 0 Å². The van der Waals surface area contributed by atoms with E-state index in [4.69, 9.17) is 0 Å². The van der Waals surface area contributed by atoms with Crippen LogP contribution in [-0.2, 0) is 5.41 Å². The van der Waals surface area contributed by atoms with Gasteiger partial charge in [-0.05, 0) is 29.7 Å². The molecule has 0 aromatic heterocycles. The number of rotatable bonds is 1. The van der Waals surface area contributed by atoms with Crippen molar-refractivity contribution in [2.45, 2.75) is 38.5 Å². The molecule has 1 aromatic carbocycles. The largest absolute Gasteiger partial charge is 0.0622 e. The Bertz CT molecular complexity index is 275. The highest BCUT2D eigenvalue weighted by Gasteiger charge is 2.36. The minimum Gasteiger partial charge on any atom is -0.0622 e. The molecule has 0 heteroatoms. The average molecular weight is 174 g/mol. The lowest BCUT2D eigenvalue weighted by Crippen LogP contribution is -2.24. The standard InChI is InChI=1S/C13H18/c1-11-7-6-10-13(11,2)12-8-4-3-5-9-12/h3-5,8-9,11H,6-7,10H2,1-2H3/t11-,13-/m1/s1. The molecule has 1 aromatic rings. The van der Waals surface area contributed by atoms with E-state index in [1.165, 1.54) is 24.8 Å². The van der Waals surface area contributed by atoms with Gasteiger partial charge < -0.3 is 0 Å². The Labute approximate surface area is 81.0 Å². The van der Waals surface area contributed by atoms with Gasteiger partial charge in [-0.25, -0.2) is 0 Å². The molecule has 0 N–H and O–H groups in total. The van der Waals surface area contributed by atoms with Crippen LogP contribution in [-0.4, -0.2) is 0 Å². The molecule has 1 fully saturated rings. The monoisotopic (exact) mass is 174 g/mol. The Hall–Kier alpha value is -0.780. The average Bonchev–Trinajstić information content (AvgIpc) is 2.50. The van der Waals surface area contributed by atoms with Crippen molar-refractivity contribution < 1.29 is 0 Å². The van der Waals surface area contributed by atoms with Crippen molar-refractivity contribution in [2.24, 2.45) is 5.92 Å². The molecule has 0 spiro atoms. The molecule has 0 radical (unpaired) electrons. The van der Waals surface area contributed by atoms with Gasteiger partial charge in [-0.3, -0.25) is 0 Å². The minimum atomic E-state index is 0.446. The third-order valence-electron chi connectivity index (χ3n) is 3.85. The van der Waals surface area contributed by atoms with Crippen LogP contribution in [0, 0.1) is 5.92 Å². The zero-order valence-corrected chi connectivity index (χ0v) is 8.59. The van der Waals surface area contributed by atoms with Crippen molar-refractivity contribution in [3.05, 3.63) is 35.9 Å². The van der Waals surface area contributed by atoms with Crippen LogP contribution in [0.3, 0.4) is 0 Å². The summed E-state index contributed by atoms with van der Waals surface area (Å²) >= 11 is 0. The van der Waals surface area contributed by atoms with E-state index in [1.807, 2.05) is 0 Å². The Kier molecular flexibility index (Phi) is 2.15. The van der Waals surface area contributed by atoms with Gasteiger partial charge in [-0.15, -0.1) is 0 Å². The quantitative estimate of drug-likeness (QED) is 0.608. The highest BCUT2D eigenvalue weighted by atomic mass is 14.4. The Balaban J connectivity index is 2.34. The first kappa shape index (κ1) is 8.80. The maximum absolute atomic E-state index is 2.42. The molecule has 70 valence electrons. The van der Waals surface area contributed by atoms with E-state index in [0.717, 1.165) is 5.92 Å². The second kappa shape index (κ2) is 3.17. The first-order valence-electron chi connectivity index (χ1n) is 5.29. The summed E-state index contributed by atoms with van der Waals surface area (Å²) in [5, 5.41) is 0. The van der Waals surface area contributed by atoms with E-state index < -0.39 is 0 Å². The molecule has 0 amide bonds. The molecule has 0 nitrogen and oxygen atoms in total. The number of hydrogen-bond acceptors (Lipinski definition) is 0. The Morgan fingerprint density at radius 3 is 2.46 bits per heavy atom. The zero-order chi connectivity index (χ0) is 9.31. The highest BCUT2D eigenvalue weighted by molar-refractivity contribution is 5.26. The summed E-state index contributed by atoms with van der Waals surface area (Å²) in [6, 6.07) is 11.0. The van der Waals surface area contributed by atoms with Gasteiger partial charge in [0.2, 0.25) is 0 Å². The van der Waals surface area contributed by atoms with Crippen LogP contribution in [0.25, 0.3) is 0 Å². The molecule has 2 rings (SSSR count). The molecule has 1 aliphatic rings. The zero-order valence-electron chi connectivity index (χ0n) is 8.59. The summed E-state index contributed by atoms with van der Waals surface area (Å²) in [5.74, 6) is 0.842. The molecule has 13 heavy (non-hydrogen) atoms. The van der Waals surface area contributed by atoms with Crippen molar-refractivity contribution in [1.82, 2.24) is 0 Å². The molecule has 1 saturated carbocycles. The van der Waals surface area contributed by atoms with E-state index in [9.17, 15) is 0 Å². The van der Waals surface area contributed by atoms with E-state index >= 15 is 0 Å². The van der Waals surface area contributed by atoms with E-state index in [0.29, 0.717) is 5.41 Å². The summed E-state index contributed by atoms with van der Waals surface area (Å²) in [4.78, 5) is 0. The van der Waals surface area contributed by atoms with Crippen LogP contribution in [0.4, 0.5) is 0 Å². The third kappa shape index (κ3) is 1.39. The van der Waals surface area contributed by atoms with Gasteiger partial charge in [0.25, 0.3) is 0 Å². The fraction of sp³-hybridized carbons (Fsp3) is 0.538. The van der Waals surface area contributed by atoms with Gasteiger partial charge in [0.1, 0.15) is 0 Å². The van der Waals surface area contributed by atoms with E-state index in [-0.39, 0.29) is 0 Å². The van der Waals surface area contributed by atoms with Crippen molar-refractivity contribution in [3.63, 3.8) is 0 Å². The highest BCUT2D eigenvalue weighted by Crippen LogP contribution is 2.44. The first-order valence-corrected chi connectivity index (χ1v) is 5.29. The van der Waals surface area contributed by atoms with Crippen LogP contribution in [0.5, 0.6) is 0 Å². The maximum atomic E-state index is 2.42. The predicted octanol–water partition coefficient (Wildman–Crippen LogP) is 3.76. The molecular weight excluding hydrogens is 156 g/mol. The lowest BCUT2D eigenvalue weighted by molar-refractivity contribution is 0.371. The lowest BCUT2D eigenvalue weighted by atomic mass is 9.75. The summed E-state index contributed by atoms with van der Waals surface area (Å²) in [6.45, 7) is 4.81. The summed E-state index contributed by atoms with van der Waals surface area (Å²) < 4.78 is 0. The number of hydrogen-bond donors (Lipinski definition) is 0. The summed E-state index contributed by atoms with van der Waals surface area (Å²) in [5.41, 5.74) is 1.97. The van der Waals surface area contributed by atoms with Crippen LogP contribution in [0.2, 0.25) is 0 Å². The van der Waals surface area contributed by atoms with Gasteiger partial charge in [-0.2, -0.15) is 0 Å². The molecule has 2 atom stereocenters. The number of benzene rings is 1. The Morgan fingerprint density at radius 2 is 1.92 bits per heavy atom. The van der Waals surface area contributed by atoms with E-state index in [1.54, 1.807) is 0 Å². The normalized spacial score (nSPS) is 33.5. The van der Waals surface area contributed by atoms with Crippen molar-refractivity contribution in [1.29, 1.82) is 0 Å². The molecule has 0 heterocycles. The van der Waals surface area contributed by atoms with Crippen molar-refractivity contribution in [3.8, 4) is 0 Å². The fourth-order valence-corrected chi connectivity index (χ4v) is 2.59. The fourth-order valence-electron chi connectivity index (χ4n) is 2.59. The smallest absolute Gasteiger partial charge is 0.00497 e. The summed E-state index contributed by atoms with van der Waals surface area (Å²) in [6.07, 6.45) is 4.15. The van der Waals surface area contributed by atoms with Gasteiger partial charge in [0, 0.05) is 0 Å². The van der Waals surface area contributed by atoms with E-state index in [2.05, 4.69) is 44.2 Å². The predicted molar refractivity (Wildman–Crippen MR) is 56.8 cm³/mol. The van der Waals surface area contributed by atoms with Crippen LogP contribution < -0.4 is 0 Å². The second-order valence-electron chi connectivity index (χ2n) is 4.58. The molecule has 0 bridgehead atoms. The molecular formula is C13H18. The Morgan fingerprint density at radius 1 is 1.23 bits per heavy atom. The minimum absolute atomic E-state index is 0.446. The molecule has 0 aliphatic heterocycles. The molecule has 1 aliphatic carbocycles. The molecule has 0 saturated heterocycles. The van der Waals surface area contributed by atoms with Crippen molar-refractivity contribution in [2.75, 3.05) is 0 Å². The lowest BCUT2D eigenvalue weighted by Gasteiger charge is -2.29. The van der Waals surface area contributed by atoms with Crippen LogP contribution >= 0.6 is 0 Å². The first-order chi connectivity index (χ1) is 6.23. The summed E-state index contributed by atoms with van der Waals surface area (Å²) in [7, 11) is 0. The molecule has 0 unspecified atom stereocenters. The second-order valence-corrected chi connectivity index (χ2v) is 4.58. The SMILES string of the molecule is C[C@@H]1CCC[C@@]1(C)c1ccccc1. The van der Waals surface area contributed by atoms with Gasteiger partial charge in [-0.1, -0.05) is 50.6 Å². The topological polar surface area (TPSA) is 0 Å². The van der Waals surface area contributed by atoms with Gasteiger partial charge in [0.05, 0.1) is 0 Å². The third-order valence-corrected chi connectivity index (χ3v) is 3.85.